The molecule has 0 aliphatic heterocycles. The van der Waals surface area contributed by atoms with Gasteiger partial charge < -0.3 is 5.32 Å². The molecule has 0 aliphatic carbocycles. The number of aromatic nitrogens is 2. The molecule has 0 fully saturated rings. The fraction of sp³-hybridized carbons (Fsp3) is 0.286. The van der Waals surface area contributed by atoms with Gasteiger partial charge in [-0.05, 0) is 24.6 Å². The Morgan fingerprint density at radius 2 is 1.90 bits per heavy atom. The lowest BCUT2D eigenvalue weighted by atomic mass is 10.1. The molecule has 1 aromatic carbocycles. The Balaban J connectivity index is 2.10. The Bertz CT molecular complexity index is 748. The lowest BCUT2D eigenvalue weighted by molar-refractivity contribution is 0.0940. The molecule has 7 heteroatoms. The molecule has 0 unspecified atom stereocenters. The van der Waals surface area contributed by atoms with Crippen molar-refractivity contribution in [1.29, 1.82) is 0 Å². The van der Waals surface area contributed by atoms with Gasteiger partial charge in [0.1, 0.15) is 0 Å². The number of nitrogens with one attached hydrogen (secondary N) is 1. The summed E-state index contributed by atoms with van der Waals surface area (Å²) in [6, 6.07) is 6.25. The van der Waals surface area contributed by atoms with E-state index in [0.29, 0.717) is 5.56 Å². The predicted molar refractivity (Wildman–Crippen MR) is 78.6 cm³/mol. The van der Waals surface area contributed by atoms with Gasteiger partial charge in [0.25, 0.3) is 5.91 Å². The lowest BCUT2D eigenvalue weighted by Crippen LogP contribution is -2.26. The zero-order valence-corrected chi connectivity index (χ0v) is 12.9. The summed E-state index contributed by atoms with van der Waals surface area (Å²) in [5, 5.41) is 6.79. The van der Waals surface area contributed by atoms with Gasteiger partial charge >= 0.3 is 0 Å². The van der Waals surface area contributed by atoms with Gasteiger partial charge in [-0.2, -0.15) is 5.10 Å². The van der Waals surface area contributed by atoms with E-state index in [9.17, 15) is 13.2 Å². The molecule has 21 heavy (non-hydrogen) atoms. The highest BCUT2D eigenvalue weighted by Crippen LogP contribution is 2.16. The van der Waals surface area contributed by atoms with Crippen LogP contribution >= 0.6 is 0 Å². The summed E-state index contributed by atoms with van der Waals surface area (Å²) in [6.45, 7) is 1.84. The summed E-state index contributed by atoms with van der Waals surface area (Å²) in [4.78, 5) is 12.3. The van der Waals surface area contributed by atoms with E-state index in [1.54, 1.807) is 30.1 Å². The van der Waals surface area contributed by atoms with Crippen molar-refractivity contribution < 1.29 is 13.2 Å². The molecule has 1 amide bonds. The van der Waals surface area contributed by atoms with Gasteiger partial charge in [-0.15, -0.1) is 0 Å². The molecule has 112 valence electrons. The maximum atomic E-state index is 12.0. The van der Waals surface area contributed by atoms with Crippen molar-refractivity contribution in [2.24, 2.45) is 7.05 Å². The molecule has 0 spiro atoms. The SMILES string of the molecule is C[C@@H](NC(=O)c1cnn(C)c1)c1ccc(S(C)(=O)=O)cc1. The van der Waals surface area contributed by atoms with Gasteiger partial charge in [-0.25, -0.2) is 8.42 Å². The van der Waals surface area contributed by atoms with E-state index in [-0.39, 0.29) is 16.8 Å². The lowest BCUT2D eigenvalue weighted by Gasteiger charge is -2.14. The Hall–Kier alpha value is -2.15. The van der Waals surface area contributed by atoms with Gasteiger partial charge in [-0.1, -0.05) is 12.1 Å². The van der Waals surface area contributed by atoms with Crippen LogP contribution in [0.1, 0.15) is 28.9 Å². The maximum Gasteiger partial charge on any atom is 0.254 e. The second kappa shape index (κ2) is 5.69. The van der Waals surface area contributed by atoms with Crippen LogP contribution in [-0.4, -0.2) is 30.4 Å². The minimum absolute atomic E-state index is 0.220. The minimum atomic E-state index is -3.21. The van der Waals surface area contributed by atoms with Crippen LogP contribution in [0.15, 0.2) is 41.6 Å². The summed E-state index contributed by atoms with van der Waals surface area (Å²) in [5.41, 5.74) is 1.32. The molecule has 2 aromatic rings. The number of benzene rings is 1. The van der Waals surface area contributed by atoms with E-state index in [4.69, 9.17) is 0 Å². The molecule has 1 aromatic heterocycles. The quantitative estimate of drug-likeness (QED) is 0.923. The van der Waals surface area contributed by atoms with Gasteiger partial charge in [0.2, 0.25) is 0 Å². The van der Waals surface area contributed by atoms with Gasteiger partial charge in [0.05, 0.1) is 22.7 Å². The van der Waals surface area contributed by atoms with E-state index in [2.05, 4.69) is 10.4 Å². The van der Waals surface area contributed by atoms with Crippen molar-refractivity contribution in [3.63, 3.8) is 0 Å². The van der Waals surface area contributed by atoms with Crippen LogP contribution in [0, 0.1) is 0 Å². The summed E-state index contributed by atoms with van der Waals surface area (Å²) >= 11 is 0. The Kier molecular flexibility index (Phi) is 4.13. The number of hydrogen-bond donors (Lipinski definition) is 1. The standard InChI is InChI=1S/C14H17N3O3S/c1-10(16-14(18)12-8-15-17(2)9-12)11-4-6-13(7-5-11)21(3,19)20/h4-10H,1-3H3,(H,16,18)/t10-/m1/s1. The third-order valence-electron chi connectivity index (χ3n) is 3.12. The van der Waals surface area contributed by atoms with Crippen molar-refractivity contribution in [3.05, 3.63) is 47.8 Å². The highest BCUT2D eigenvalue weighted by molar-refractivity contribution is 7.90. The number of carbonyl (C=O) groups excluding carboxylic acids is 1. The van der Waals surface area contributed by atoms with Crippen molar-refractivity contribution in [1.82, 2.24) is 15.1 Å². The molecule has 6 nitrogen and oxygen atoms in total. The highest BCUT2D eigenvalue weighted by atomic mass is 32.2. The molecule has 1 N–H and O–H groups in total. The number of hydrogen-bond acceptors (Lipinski definition) is 4. The Morgan fingerprint density at radius 3 is 2.38 bits per heavy atom. The number of sulfone groups is 1. The first kappa shape index (κ1) is 15.2. The van der Waals surface area contributed by atoms with E-state index >= 15 is 0 Å². The van der Waals surface area contributed by atoms with Crippen LogP contribution in [0.4, 0.5) is 0 Å². The third-order valence-corrected chi connectivity index (χ3v) is 4.25. The fourth-order valence-corrected chi connectivity index (χ4v) is 2.54. The monoisotopic (exact) mass is 307 g/mol. The molecule has 1 atom stereocenters. The number of aryl methyl sites for hydroxylation is 1. The first-order valence-corrected chi connectivity index (χ1v) is 8.26. The molecular formula is C14H17N3O3S. The first-order chi connectivity index (χ1) is 9.77. The fourth-order valence-electron chi connectivity index (χ4n) is 1.91. The molecule has 0 saturated carbocycles. The molecule has 0 aliphatic rings. The van der Waals surface area contributed by atoms with Crippen LogP contribution in [0.2, 0.25) is 0 Å². The maximum absolute atomic E-state index is 12.0. The summed E-state index contributed by atoms with van der Waals surface area (Å²) in [5.74, 6) is -0.220. The minimum Gasteiger partial charge on any atom is -0.345 e. The Morgan fingerprint density at radius 1 is 1.29 bits per heavy atom. The van der Waals surface area contributed by atoms with Crippen molar-refractivity contribution >= 4 is 15.7 Å². The molecule has 0 radical (unpaired) electrons. The summed E-state index contributed by atoms with van der Waals surface area (Å²) < 4.78 is 24.4. The number of amides is 1. The van der Waals surface area contributed by atoms with Crippen molar-refractivity contribution in [2.45, 2.75) is 17.9 Å². The average Bonchev–Trinajstić information content (AvgIpc) is 2.84. The van der Waals surface area contributed by atoms with Crippen LogP contribution in [0.3, 0.4) is 0 Å². The van der Waals surface area contributed by atoms with Crippen LogP contribution in [0.25, 0.3) is 0 Å². The molecular weight excluding hydrogens is 290 g/mol. The summed E-state index contributed by atoms with van der Waals surface area (Å²) in [6.07, 6.45) is 4.29. The van der Waals surface area contributed by atoms with Crippen molar-refractivity contribution in [3.8, 4) is 0 Å². The van der Waals surface area contributed by atoms with E-state index in [0.717, 1.165) is 11.8 Å². The zero-order valence-electron chi connectivity index (χ0n) is 12.1. The topological polar surface area (TPSA) is 81.1 Å². The second-order valence-corrected chi connectivity index (χ2v) is 6.95. The van der Waals surface area contributed by atoms with Gasteiger partial charge in [0.15, 0.2) is 9.84 Å². The van der Waals surface area contributed by atoms with E-state index in [1.165, 1.54) is 18.3 Å². The first-order valence-electron chi connectivity index (χ1n) is 6.37. The molecule has 0 bridgehead atoms. The number of nitrogens with zero attached hydrogens (tertiary/aromatic N) is 2. The number of rotatable bonds is 4. The van der Waals surface area contributed by atoms with E-state index in [1.807, 2.05) is 6.92 Å². The Labute approximate surface area is 123 Å². The van der Waals surface area contributed by atoms with Crippen molar-refractivity contribution in [2.75, 3.05) is 6.26 Å². The van der Waals surface area contributed by atoms with E-state index < -0.39 is 9.84 Å². The van der Waals surface area contributed by atoms with Gasteiger partial charge in [-0.3, -0.25) is 9.48 Å². The predicted octanol–water partition coefficient (Wildman–Crippen LogP) is 1.31. The van der Waals surface area contributed by atoms with Crippen LogP contribution in [-0.2, 0) is 16.9 Å². The third kappa shape index (κ3) is 3.69. The molecule has 0 saturated heterocycles. The van der Waals surface area contributed by atoms with Crippen LogP contribution < -0.4 is 5.32 Å². The smallest absolute Gasteiger partial charge is 0.254 e. The van der Waals surface area contributed by atoms with Gasteiger partial charge in [0, 0.05) is 19.5 Å². The molecule has 2 rings (SSSR count). The number of carbonyl (C=O) groups is 1. The molecule has 1 heterocycles. The van der Waals surface area contributed by atoms with Crippen LogP contribution in [0.5, 0.6) is 0 Å². The summed E-state index contributed by atoms with van der Waals surface area (Å²) in [7, 11) is -1.47. The normalized spacial score (nSPS) is 12.9. The highest BCUT2D eigenvalue weighted by Gasteiger charge is 2.14. The second-order valence-electron chi connectivity index (χ2n) is 4.94. The zero-order chi connectivity index (χ0) is 15.6. The average molecular weight is 307 g/mol. The largest absolute Gasteiger partial charge is 0.345 e.